The molecule has 41 heavy (non-hydrogen) atoms. The molecule has 3 fully saturated rings. The standard InChI is InChI=1S/C35H66O3Si3/c1-31(2,3)39(12,13)36-29-20-18-19-26-25(29)22-27-30(37-40(14,15)32(4,5)6)28-21-24(34(27,10)11)23-35(26,28)38-41(16,17)33(7,8)9/h18,20,24,26-28,30H,19,21-23H2,1-17H3/t24-,26+,27+,28-,30+,35-/m0/s1. The van der Waals surface area contributed by atoms with E-state index < -0.39 is 25.0 Å². The van der Waals surface area contributed by atoms with Crippen molar-refractivity contribution < 1.29 is 13.3 Å². The Bertz CT molecular complexity index is 1080. The first kappa shape index (κ1) is 33.7. The molecule has 0 aromatic rings. The molecule has 0 radical (unpaired) electrons. The van der Waals surface area contributed by atoms with E-state index in [1.54, 1.807) is 5.57 Å². The summed E-state index contributed by atoms with van der Waals surface area (Å²) in [5, 5.41) is 0.495. The third kappa shape index (κ3) is 5.50. The van der Waals surface area contributed by atoms with Gasteiger partial charge < -0.3 is 13.3 Å². The van der Waals surface area contributed by atoms with E-state index in [0.717, 1.165) is 12.8 Å². The van der Waals surface area contributed by atoms with Gasteiger partial charge in [0.05, 0.1) is 11.7 Å². The predicted octanol–water partition coefficient (Wildman–Crippen LogP) is 11.1. The molecule has 4 aliphatic rings. The zero-order valence-corrected chi connectivity index (χ0v) is 33.1. The molecule has 4 aliphatic carbocycles. The lowest BCUT2D eigenvalue weighted by molar-refractivity contribution is -0.0846. The summed E-state index contributed by atoms with van der Waals surface area (Å²) in [4.78, 5) is 0. The fourth-order valence-electron chi connectivity index (χ4n) is 7.62. The van der Waals surface area contributed by atoms with E-state index in [-0.39, 0.29) is 32.2 Å². The molecule has 3 saturated carbocycles. The Morgan fingerprint density at radius 2 is 1.29 bits per heavy atom. The van der Waals surface area contributed by atoms with E-state index in [0.29, 0.717) is 23.7 Å². The van der Waals surface area contributed by atoms with Gasteiger partial charge >= 0.3 is 0 Å². The largest absolute Gasteiger partial charge is 0.544 e. The van der Waals surface area contributed by atoms with Crippen LogP contribution in [0.5, 0.6) is 0 Å². The third-order valence-electron chi connectivity index (χ3n) is 13.6. The van der Waals surface area contributed by atoms with Crippen LogP contribution in [-0.2, 0) is 13.3 Å². The van der Waals surface area contributed by atoms with Crippen molar-refractivity contribution in [2.45, 2.75) is 168 Å². The van der Waals surface area contributed by atoms with Crippen LogP contribution in [0.25, 0.3) is 0 Å². The molecule has 6 atom stereocenters. The molecule has 0 amide bonds. The Morgan fingerprint density at radius 1 is 0.756 bits per heavy atom. The van der Waals surface area contributed by atoms with Gasteiger partial charge in [0.2, 0.25) is 8.32 Å². The average molecular weight is 619 g/mol. The second-order valence-electron chi connectivity index (χ2n) is 19.5. The van der Waals surface area contributed by atoms with Crippen molar-refractivity contribution in [3.05, 3.63) is 23.5 Å². The van der Waals surface area contributed by atoms with Crippen molar-refractivity contribution in [3.8, 4) is 0 Å². The van der Waals surface area contributed by atoms with Crippen LogP contribution in [0, 0.1) is 29.1 Å². The Labute approximate surface area is 258 Å². The van der Waals surface area contributed by atoms with Gasteiger partial charge in [0.25, 0.3) is 0 Å². The normalized spacial score (nSPS) is 34.1. The molecular formula is C35H66O3Si3. The van der Waals surface area contributed by atoms with Gasteiger partial charge in [0.15, 0.2) is 16.6 Å². The third-order valence-corrected chi connectivity index (χ3v) is 26.9. The summed E-state index contributed by atoms with van der Waals surface area (Å²) < 4.78 is 22.8. The molecule has 0 heterocycles. The monoisotopic (exact) mass is 618 g/mol. The van der Waals surface area contributed by atoms with Gasteiger partial charge in [-0.05, 0) is 109 Å². The summed E-state index contributed by atoms with van der Waals surface area (Å²) in [7, 11) is -6.11. The van der Waals surface area contributed by atoms with Crippen molar-refractivity contribution >= 4 is 25.0 Å². The van der Waals surface area contributed by atoms with E-state index in [2.05, 4.69) is 128 Å². The molecule has 0 aliphatic heterocycles. The maximum atomic E-state index is 7.93. The van der Waals surface area contributed by atoms with Crippen LogP contribution >= 0.6 is 0 Å². The molecule has 0 aromatic heterocycles. The van der Waals surface area contributed by atoms with E-state index in [1.807, 2.05) is 0 Å². The lowest BCUT2D eigenvalue weighted by Gasteiger charge is -2.53. The van der Waals surface area contributed by atoms with Crippen LogP contribution in [0.4, 0.5) is 0 Å². The van der Waals surface area contributed by atoms with Crippen LogP contribution in [0.2, 0.25) is 54.4 Å². The van der Waals surface area contributed by atoms with Gasteiger partial charge in [-0.2, -0.15) is 0 Å². The quantitative estimate of drug-likeness (QED) is 0.277. The highest BCUT2D eigenvalue weighted by molar-refractivity contribution is 6.75. The summed E-state index contributed by atoms with van der Waals surface area (Å²) in [6.45, 7) is 41.3. The minimum Gasteiger partial charge on any atom is -0.544 e. The number of fused-ring (bicyclic) bond motifs is 4. The second kappa shape index (κ2) is 9.92. The van der Waals surface area contributed by atoms with Crippen molar-refractivity contribution in [3.63, 3.8) is 0 Å². The number of hydrogen-bond acceptors (Lipinski definition) is 3. The van der Waals surface area contributed by atoms with Gasteiger partial charge in [-0.25, -0.2) is 0 Å². The Kier molecular flexibility index (Phi) is 8.17. The van der Waals surface area contributed by atoms with Crippen molar-refractivity contribution in [2.75, 3.05) is 0 Å². The first-order chi connectivity index (χ1) is 18.2. The van der Waals surface area contributed by atoms with Gasteiger partial charge in [0, 0.05) is 11.8 Å². The van der Waals surface area contributed by atoms with Gasteiger partial charge in [-0.3, -0.25) is 0 Å². The van der Waals surface area contributed by atoms with E-state index in [1.165, 1.54) is 18.6 Å². The molecule has 3 nitrogen and oxygen atoms in total. The summed E-state index contributed by atoms with van der Waals surface area (Å²) in [5.41, 5.74) is 1.56. The molecular weight excluding hydrogens is 553 g/mol. The summed E-state index contributed by atoms with van der Waals surface area (Å²) in [6, 6.07) is 0. The van der Waals surface area contributed by atoms with Crippen LogP contribution < -0.4 is 0 Å². The Hall–Kier alpha value is -0.149. The van der Waals surface area contributed by atoms with Gasteiger partial charge in [-0.15, -0.1) is 0 Å². The maximum Gasteiger partial charge on any atom is 0.250 e. The highest BCUT2D eigenvalue weighted by Gasteiger charge is 2.70. The lowest BCUT2D eigenvalue weighted by atomic mass is 9.60. The molecule has 3 bridgehead atoms. The molecule has 0 spiro atoms. The van der Waals surface area contributed by atoms with Crippen LogP contribution in [0.15, 0.2) is 23.5 Å². The molecule has 0 N–H and O–H groups in total. The predicted molar refractivity (Wildman–Crippen MR) is 184 cm³/mol. The zero-order chi connectivity index (χ0) is 31.4. The van der Waals surface area contributed by atoms with Crippen LogP contribution in [0.1, 0.15) is 102 Å². The van der Waals surface area contributed by atoms with Crippen molar-refractivity contribution in [1.29, 1.82) is 0 Å². The van der Waals surface area contributed by atoms with Crippen molar-refractivity contribution in [2.24, 2.45) is 29.1 Å². The molecule has 6 heteroatoms. The fraction of sp³-hybridized carbons (Fsp3) is 0.886. The SMILES string of the molecule is CC1(C)[C@H]2C[C@H]3[C@H](O[Si](C)(C)C(C)(C)C)[C@H]1CC1=C(O[Si](C)(C)C(C)(C)C)C=CC[C@H]1[C@@]3(O[Si](C)(C)C(C)(C)C)C2. The fourth-order valence-corrected chi connectivity index (χ4v) is 11.7. The molecule has 0 unspecified atom stereocenters. The van der Waals surface area contributed by atoms with Crippen LogP contribution in [0.3, 0.4) is 0 Å². The number of allylic oxidation sites excluding steroid dienone is 2. The maximum absolute atomic E-state index is 7.93. The average Bonchev–Trinajstić information content (AvgIpc) is 3.07. The summed E-state index contributed by atoms with van der Waals surface area (Å²) in [6.07, 6.45) is 9.56. The summed E-state index contributed by atoms with van der Waals surface area (Å²) in [5.74, 6) is 3.16. The Morgan fingerprint density at radius 3 is 1.80 bits per heavy atom. The molecule has 4 rings (SSSR count). The van der Waals surface area contributed by atoms with E-state index in [9.17, 15) is 0 Å². The summed E-state index contributed by atoms with van der Waals surface area (Å²) >= 11 is 0. The molecule has 0 aromatic carbocycles. The smallest absolute Gasteiger partial charge is 0.250 e. The minimum absolute atomic E-state index is 0.157. The van der Waals surface area contributed by atoms with Gasteiger partial charge in [-0.1, -0.05) is 82.2 Å². The topological polar surface area (TPSA) is 27.7 Å². The highest BCUT2D eigenvalue weighted by atomic mass is 28.4. The molecule has 236 valence electrons. The van der Waals surface area contributed by atoms with E-state index in [4.69, 9.17) is 13.3 Å². The van der Waals surface area contributed by atoms with Crippen molar-refractivity contribution in [1.82, 2.24) is 0 Å². The minimum atomic E-state index is -2.09. The zero-order valence-electron chi connectivity index (χ0n) is 30.1. The first-order valence-corrected chi connectivity index (χ1v) is 25.4. The molecule has 0 saturated heterocycles. The lowest BCUT2D eigenvalue weighted by Crippen LogP contribution is -2.59. The van der Waals surface area contributed by atoms with Crippen LogP contribution in [-0.4, -0.2) is 36.7 Å². The first-order valence-electron chi connectivity index (χ1n) is 16.6. The Balaban J connectivity index is 1.96. The highest BCUT2D eigenvalue weighted by Crippen LogP contribution is 2.69. The number of rotatable bonds is 6. The second-order valence-corrected chi connectivity index (χ2v) is 33.7. The van der Waals surface area contributed by atoms with E-state index >= 15 is 0 Å². The number of hydrogen-bond donors (Lipinski definition) is 0. The van der Waals surface area contributed by atoms with Gasteiger partial charge in [0.1, 0.15) is 5.76 Å².